The molecule has 4 nitrogen and oxygen atoms in total. The van der Waals surface area contributed by atoms with E-state index in [2.05, 4.69) is 330 Å². The Balaban J connectivity index is 0.853. The lowest BCUT2D eigenvalue weighted by molar-refractivity contribution is 0.258. The van der Waals surface area contributed by atoms with E-state index in [0.717, 1.165) is 174 Å². The molecule has 20 rings (SSSR count). The molecule has 0 atom stereocenters. The molecule has 0 aliphatic heterocycles. The molecular weight excluding hydrogens is 1460 g/mol. The number of terminal acetylenes is 2. The van der Waals surface area contributed by atoms with Crippen LogP contribution in [-0.4, -0.2) is 26.4 Å². The molecule has 120 heavy (non-hydrogen) atoms. The molecular formula is C116H110O4. The fourth-order valence-corrected chi connectivity index (χ4v) is 21.0. The third kappa shape index (κ3) is 13.6. The lowest BCUT2D eigenvalue weighted by atomic mass is 9.47. The van der Waals surface area contributed by atoms with Crippen molar-refractivity contribution in [2.24, 2.45) is 0 Å². The van der Waals surface area contributed by atoms with Crippen molar-refractivity contribution in [3.63, 3.8) is 0 Å². The Kier molecular flexibility index (Phi) is 23.8. The highest BCUT2D eigenvalue weighted by Gasteiger charge is 2.61. The van der Waals surface area contributed by atoms with Crippen LogP contribution in [0.15, 0.2) is 243 Å². The van der Waals surface area contributed by atoms with E-state index >= 15 is 0 Å². The monoisotopic (exact) mass is 1570 g/mol. The molecule has 0 unspecified atom stereocenters. The SMILES string of the molecule is C#CC12c3ccccc3C(C#Cc3cc(OCCCCCCCC)c(OCCCCCCCC)cc3C#CC34c5ccccc5C(C#Cc5cc(OCCCCCCCC)c(OCCCCCCCC)cc5C#CC56c7ccccc7C(C#C)(c7ccccc75)c5ccccc56)(c5ccccc53)c3ccccc34)(c3ccccc31)c1ccccc12. The zero-order valence-electron chi connectivity index (χ0n) is 70.7. The van der Waals surface area contributed by atoms with Gasteiger partial charge in [0.1, 0.15) is 32.5 Å². The quantitative estimate of drug-likeness (QED) is 0.0311. The first-order valence-corrected chi connectivity index (χ1v) is 45.1. The van der Waals surface area contributed by atoms with E-state index in [-0.39, 0.29) is 0 Å². The van der Waals surface area contributed by atoms with Gasteiger partial charge in [-0.3, -0.25) is 0 Å². The molecule has 0 N–H and O–H groups in total. The van der Waals surface area contributed by atoms with Gasteiger partial charge in [-0.05, 0) is 126 Å². The zero-order valence-corrected chi connectivity index (χ0v) is 70.7. The lowest BCUT2D eigenvalue weighted by Gasteiger charge is -2.52. The maximum atomic E-state index is 7.05. The smallest absolute Gasteiger partial charge is 0.162 e. The molecule has 9 aliphatic rings. The Morgan fingerprint density at radius 2 is 0.342 bits per heavy atom. The predicted molar refractivity (Wildman–Crippen MR) is 491 cm³/mol. The molecule has 11 aromatic rings. The van der Waals surface area contributed by atoms with Crippen molar-refractivity contribution in [3.05, 3.63) is 365 Å². The highest BCUT2D eigenvalue weighted by molar-refractivity contribution is 5.86. The molecule has 0 saturated carbocycles. The molecule has 0 fully saturated rings. The number of hydrogen-bond acceptors (Lipinski definition) is 4. The average molecular weight is 1570 g/mol. The predicted octanol–water partition coefficient (Wildman–Crippen LogP) is 26.0. The number of ether oxygens (including phenoxy) is 4. The van der Waals surface area contributed by atoms with Crippen LogP contribution in [0.2, 0.25) is 0 Å². The van der Waals surface area contributed by atoms with Gasteiger partial charge in [0.25, 0.3) is 0 Å². The molecule has 0 saturated heterocycles. The van der Waals surface area contributed by atoms with Crippen LogP contribution >= 0.6 is 0 Å². The van der Waals surface area contributed by atoms with Gasteiger partial charge in [-0.15, -0.1) is 12.8 Å². The fraction of sp³-hybridized carbons (Fsp3) is 0.328. The minimum atomic E-state index is -0.993. The van der Waals surface area contributed by atoms with Gasteiger partial charge in [0.15, 0.2) is 23.0 Å². The first-order chi connectivity index (χ1) is 59.3. The number of unbranched alkanes of at least 4 members (excludes halogenated alkanes) is 20. The van der Waals surface area contributed by atoms with Crippen LogP contribution in [0.25, 0.3) is 0 Å². The fourth-order valence-electron chi connectivity index (χ4n) is 21.0. The molecule has 6 bridgehead atoms. The number of hydrogen-bond donors (Lipinski definition) is 0. The van der Waals surface area contributed by atoms with Crippen molar-refractivity contribution in [1.29, 1.82) is 0 Å². The van der Waals surface area contributed by atoms with Crippen LogP contribution in [0, 0.1) is 72.1 Å². The summed E-state index contributed by atoms with van der Waals surface area (Å²) in [6, 6.07) is 87.7. The summed E-state index contributed by atoms with van der Waals surface area (Å²) in [5.41, 5.74) is 17.2. The Labute approximate surface area is 715 Å². The van der Waals surface area contributed by atoms with Crippen LogP contribution in [0.3, 0.4) is 0 Å². The first-order valence-electron chi connectivity index (χ1n) is 45.1. The summed E-state index contributed by atoms with van der Waals surface area (Å²) < 4.78 is 28.2. The second-order valence-electron chi connectivity index (χ2n) is 33.9. The normalized spacial score (nSPS) is 19.7. The summed E-state index contributed by atoms with van der Waals surface area (Å²) in [5.74, 6) is 42.3. The van der Waals surface area contributed by atoms with E-state index in [1.165, 1.54) is 103 Å². The molecule has 0 aromatic heterocycles. The maximum Gasteiger partial charge on any atom is 0.162 e. The van der Waals surface area contributed by atoms with Crippen LogP contribution in [0.1, 0.15) is 304 Å². The largest absolute Gasteiger partial charge is 0.490 e. The van der Waals surface area contributed by atoms with Gasteiger partial charge in [0.2, 0.25) is 0 Å². The minimum absolute atomic E-state index is 0.549. The molecule has 0 spiro atoms. The van der Waals surface area contributed by atoms with Gasteiger partial charge in [0.05, 0.1) is 26.4 Å². The average Bonchev–Trinajstić information content (AvgIpc) is 0.672. The molecule has 9 aliphatic carbocycles. The summed E-state index contributed by atoms with van der Waals surface area (Å²) in [5, 5.41) is 0. The lowest BCUT2D eigenvalue weighted by Crippen LogP contribution is -2.49. The summed E-state index contributed by atoms with van der Waals surface area (Å²) in [4.78, 5) is 0. The summed E-state index contributed by atoms with van der Waals surface area (Å²) in [6.45, 7) is 11.3. The van der Waals surface area contributed by atoms with Crippen molar-refractivity contribution in [2.45, 2.75) is 214 Å². The van der Waals surface area contributed by atoms with E-state index in [1.54, 1.807) is 0 Å². The van der Waals surface area contributed by atoms with Gasteiger partial charge in [-0.2, -0.15) is 0 Å². The Morgan fingerprint density at radius 3 is 0.492 bits per heavy atom. The summed E-state index contributed by atoms with van der Waals surface area (Å²) in [7, 11) is 0. The standard InChI is InChI=1S/C116H110O4/c1-7-13-17-21-25-47-77-117-107-81-85(69-73-113-95-57-35-29-51-89(95)111(11-5,90-52-30-36-58-96(90)113)91-53-31-37-59-97(91)113)87(83-109(107)119-79-49-27-23-19-15-9-3)71-75-115-101-63-41-44-66-104(101)116(105-67-45-42-64-102(105)115,106-68-46-43-65-103(106)115)76-72-88-84-110(120-80-50-28-24-20-16-10-4)108(118-78-48-26-22-18-14-8-2)82-86(88)70-74-114-98-60-38-32-54-92(98)112(12-6,93-55-33-39-61-99(93)114)94-56-34-40-62-100(94)114/h5-6,29-46,51-68,81-84H,7-10,13-28,47-50,77-80H2,1-4H3. The van der Waals surface area contributed by atoms with Crippen molar-refractivity contribution < 1.29 is 18.9 Å². The van der Waals surface area contributed by atoms with E-state index in [0.29, 0.717) is 49.4 Å². The number of benzene rings is 11. The van der Waals surface area contributed by atoms with Crippen molar-refractivity contribution in [1.82, 2.24) is 0 Å². The van der Waals surface area contributed by atoms with Gasteiger partial charge < -0.3 is 18.9 Å². The van der Waals surface area contributed by atoms with E-state index in [1.807, 2.05) is 0 Å². The molecule has 598 valence electrons. The van der Waals surface area contributed by atoms with Crippen LogP contribution in [-0.2, 0) is 32.5 Å². The van der Waals surface area contributed by atoms with Crippen LogP contribution in [0.5, 0.6) is 23.0 Å². The summed E-state index contributed by atoms with van der Waals surface area (Å²) >= 11 is 0. The van der Waals surface area contributed by atoms with Crippen LogP contribution < -0.4 is 18.9 Å². The topological polar surface area (TPSA) is 36.9 Å². The third-order valence-electron chi connectivity index (χ3n) is 26.8. The zero-order chi connectivity index (χ0) is 82.0. The van der Waals surface area contributed by atoms with Crippen molar-refractivity contribution >= 4 is 0 Å². The van der Waals surface area contributed by atoms with Gasteiger partial charge >= 0.3 is 0 Å². The minimum Gasteiger partial charge on any atom is -0.490 e. The highest BCUT2D eigenvalue weighted by atomic mass is 16.5. The first kappa shape index (κ1) is 80.4. The van der Waals surface area contributed by atoms with E-state index in [4.69, 9.17) is 31.8 Å². The number of rotatable bonds is 32. The summed E-state index contributed by atoms with van der Waals surface area (Å²) in [6.07, 6.45) is 41.2. The molecule has 0 amide bonds. The molecule has 11 aromatic carbocycles. The van der Waals surface area contributed by atoms with Gasteiger partial charge in [0, 0.05) is 46.5 Å². The van der Waals surface area contributed by atoms with E-state index < -0.39 is 32.5 Å². The van der Waals surface area contributed by atoms with E-state index in [9.17, 15) is 0 Å². The second-order valence-corrected chi connectivity index (χ2v) is 33.9. The maximum absolute atomic E-state index is 7.05. The highest BCUT2D eigenvalue weighted by Crippen LogP contribution is 2.65. The Hall–Kier alpha value is -12.0. The van der Waals surface area contributed by atoms with Crippen molar-refractivity contribution in [3.8, 4) is 95.0 Å². The van der Waals surface area contributed by atoms with Gasteiger partial charge in [-0.1, -0.05) is 434 Å². The Bertz CT molecular complexity index is 5290. The molecule has 4 heteroatoms. The molecule has 0 radical (unpaired) electrons. The van der Waals surface area contributed by atoms with Crippen LogP contribution in [0.4, 0.5) is 0 Å². The molecule has 0 heterocycles. The van der Waals surface area contributed by atoms with Gasteiger partial charge in [-0.25, -0.2) is 0 Å². The Morgan fingerprint density at radius 1 is 0.200 bits per heavy atom. The van der Waals surface area contributed by atoms with Crippen molar-refractivity contribution in [2.75, 3.05) is 26.4 Å². The second kappa shape index (κ2) is 35.5. The third-order valence-corrected chi connectivity index (χ3v) is 26.8.